The highest BCUT2D eigenvalue weighted by atomic mass is 15.1. The van der Waals surface area contributed by atoms with Crippen molar-refractivity contribution in [1.82, 2.24) is 4.57 Å². The van der Waals surface area contributed by atoms with Crippen molar-refractivity contribution < 1.29 is 0 Å². The third-order valence-corrected chi connectivity index (χ3v) is 12.0. The summed E-state index contributed by atoms with van der Waals surface area (Å²) in [5.74, 6) is 0. The molecular weight excluding hydrogens is 749 g/mol. The minimum absolute atomic E-state index is 1.07. The summed E-state index contributed by atoms with van der Waals surface area (Å²) in [5.41, 5.74) is 18.5. The van der Waals surface area contributed by atoms with E-state index in [-0.39, 0.29) is 0 Å². The molecule has 0 atom stereocenters. The second-order valence-electron chi connectivity index (χ2n) is 15.7. The number of aromatic nitrogens is 1. The summed E-state index contributed by atoms with van der Waals surface area (Å²) in [5, 5.41) is 2.44. The minimum atomic E-state index is 1.07. The molecule has 0 amide bonds. The van der Waals surface area contributed by atoms with Gasteiger partial charge in [-0.1, -0.05) is 206 Å². The lowest BCUT2D eigenvalue weighted by molar-refractivity contribution is 1.18. The molecule has 292 valence electrons. The first-order valence-electron chi connectivity index (χ1n) is 21.3. The van der Waals surface area contributed by atoms with Crippen molar-refractivity contribution in [3.63, 3.8) is 0 Å². The van der Waals surface area contributed by atoms with E-state index in [4.69, 9.17) is 0 Å². The Hall–Kier alpha value is -8.20. The Balaban J connectivity index is 1.18. The fraction of sp³-hybridized carbons (Fsp3) is 0. The molecule has 0 N–H and O–H groups in total. The maximum atomic E-state index is 2.45. The largest absolute Gasteiger partial charge is 0.310 e. The van der Waals surface area contributed by atoms with Crippen LogP contribution in [0.2, 0.25) is 0 Å². The lowest BCUT2D eigenvalue weighted by atomic mass is 9.89. The van der Waals surface area contributed by atoms with Crippen LogP contribution in [0.4, 0.5) is 17.1 Å². The highest BCUT2D eigenvalue weighted by Gasteiger charge is 2.23. The van der Waals surface area contributed by atoms with Crippen molar-refractivity contribution >= 4 is 38.9 Å². The average molecular weight is 791 g/mol. The van der Waals surface area contributed by atoms with Crippen LogP contribution >= 0.6 is 0 Å². The van der Waals surface area contributed by atoms with Crippen molar-refractivity contribution in [2.24, 2.45) is 0 Å². The third kappa shape index (κ3) is 6.65. The number of anilines is 3. The van der Waals surface area contributed by atoms with E-state index < -0.39 is 0 Å². The van der Waals surface area contributed by atoms with E-state index in [1.54, 1.807) is 0 Å². The molecule has 0 aliphatic rings. The molecule has 0 unspecified atom stereocenters. The number of nitrogens with zero attached hydrogens (tertiary/aromatic N) is 2. The number of hydrogen-bond donors (Lipinski definition) is 0. The molecule has 0 saturated carbocycles. The van der Waals surface area contributed by atoms with Crippen LogP contribution in [-0.2, 0) is 0 Å². The van der Waals surface area contributed by atoms with Crippen LogP contribution in [0.1, 0.15) is 0 Å². The first-order valence-corrected chi connectivity index (χ1v) is 21.3. The highest BCUT2D eigenvalue weighted by molar-refractivity contribution is 6.11. The zero-order chi connectivity index (χ0) is 41.2. The Morgan fingerprint density at radius 3 is 1.37 bits per heavy atom. The quantitative estimate of drug-likeness (QED) is 0.141. The van der Waals surface area contributed by atoms with Gasteiger partial charge in [0.05, 0.1) is 22.4 Å². The lowest BCUT2D eigenvalue weighted by Gasteiger charge is -2.29. The second kappa shape index (κ2) is 16.1. The minimum Gasteiger partial charge on any atom is -0.310 e. The maximum Gasteiger partial charge on any atom is 0.0562 e. The van der Waals surface area contributed by atoms with Gasteiger partial charge in [0.2, 0.25) is 0 Å². The van der Waals surface area contributed by atoms with Gasteiger partial charge in [0.15, 0.2) is 0 Å². The van der Waals surface area contributed by atoms with Gasteiger partial charge in [-0.15, -0.1) is 0 Å². The van der Waals surface area contributed by atoms with Crippen LogP contribution in [0.15, 0.2) is 255 Å². The normalized spacial score (nSPS) is 11.2. The lowest BCUT2D eigenvalue weighted by Crippen LogP contribution is -2.11. The first-order chi connectivity index (χ1) is 30.8. The molecule has 1 aromatic heterocycles. The van der Waals surface area contributed by atoms with Crippen molar-refractivity contribution in [1.29, 1.82) is 0 Å². The van der Waals surface area contributed by atoms with Gasteiger partial charge in [-0.3, -0.25) is 0 Å². The van der Waals surface area contributed by atoms with Crippen LogP contribution in [-0.4, -0.2) is 4.57 Å². The van der Waals surface area contributed by atoms with Crippen molar-refractivity contribution in [2.75, 3.05) is 4.90 Å². The molecule has 62 heavy (non-hydrogen) atoms. The summed E-state index contributed by atoms with van der Waals surface area (Å²) in [6.07, 6.45) is 0. The number of benzene rings is 10. The van der Waals surface area contributed by atoms with Crippen LogP contribution < -0.4 is 4.90 Å². The summed E-state index contributed by atoms with van der Waals surface area (Å²) in [6, 6.07) is 92.2. The maximum absolute atomic E-state index is 2.45. The van der Waals surface area contributed by atoms with Gasteiger partial charge < -0.3 is 9.47 Å². The second-order valence-corrected chi connectivity index (χ2v) is 15.7. The molecule has 2 heteroatoms. The van der Waals surface area contributed by atoms with Crippen molar-refractivity contribution in [2.45, 2.75) is 0 Å². The number of rotatable bonds is 9. The zero-order valence-electron chi connectivity index (χ0n) is 34.1. The van der Waals surface area contributed by atoms with E-state index in [1.807, 2.05) is 0 Å². The fourth-order valence-electron chi connectivity index (χ4n) is 9.20. The fourth-order valence-corrected chi connectivity index (χ4v) is 9.20. The molecule has 10 aromatic carbocycles. The van der Waals surface area contributed by atoms with E-state index in [1.165, 1.54) is 60.8 Å². The van der Waals surface area contributed by atoms with Gasteiger partial charge in [-0.25, -0.2) is 0 Å². The number of fused-ring (bicyclic) bond motifs is 3. The van der Waals surface area contributed by atoms with E-state index in [9.17, 15) is 0 Å². The molecule has 0 fully saturated rings. The van der Waals surface area contributed by atoms with E-state index in [0.29, 0.717) is 0 Å². The smallest absolute Gasteiger partial charge is 0.0562 e. The summed E-state index contributed by atoms with van der Waals surface area (Å²) >= 11 is 0. The van der Waals surface area contributed by atoms with E-state index in [2.05, 4.69) is 264 Å². The predicted molar refractivity (Wildman–Crippen MR) is 263 cm³/mol. The molecule has 0 aliphatic carbocycles. The average Bonchev–Trinajstić information content (AvgIpc) is 3.69. The highest BCUT2D eigenvalue weighted by Crippen LogP contribution is 2.47. The molecule has 11 rings (SSSR count). The van der Waals surface area contributed by atoms with Gasteiger partial charge in [0, 0.05) is 33.3 Å². The summed E-state index contributed by atoms with van der Waals surface area (Å²) in [4.78, 5) is 2.44. The molecular formula is C60H42N2. The molecule has 0 bridgehead atoms. The van der Waals surface area contributed by atoms with Gasteiger partial charge in [-0.2, -0.15) is 0 Å². The number of para-hydroxylation sites is 3. The Morgan fingerprint density at radius 1 is 0.258 bits per heavy atom. The van der Waals surface area contributed by atoms with Crippen molar-refractivity contribution in [3.8, 4) is 61.3 Å². The predicted octanol–water partition coefficient (Wildman–Crippen LogP) is 16.6. The molecule has 11 aromatic rings. The van der Waals surface area contributed by atoms with Crippen molar-refractivity contribution in [3.05, 3.63) is 255 Å². The van der Waals surface area contributed by atoms with Gasteiger partial charge in [0.1, 0.15) is 0 Å². The summed E-state index contributed by atoms with van der Waals surface area (Å²) in [7, 11) is 0. The van der Waals surface area contributed by atoms with Gasteiger partial charge in [0.25, 0.3) is 0 Å². The van der Waals surface area contributed by atoms with Crippen LogP contribution in [0, 0.1) is 0 Å². The first kappa shape index (κ1) is 36.8. The third-order valence-electron chi connectivity index (χ3n) is 12.0. The van der Waals surface area contributed by atoms with Crippen LogP contribution in [0.5, 0.6) is 0 Å². The molecule has 1 heterocycles. The number of hydrogen-bond acceptors (Lipinski definition) is 1. The summed E-state index contributed by atoms with van der Waals surface area (Å²) < 4.78 is 2.45. The van der Waals surface area contributed by atoms with E-state index in [0.717, 1.165) is 39.4 Å². The Bertz CT molecular complexity index is 3330. The Labute approximate surface area is 362 Å². The molecule has 0 radical (unpaired) electrons. The molecule has 0 aliphatic heterocycles. The van der Waals surface area contributed by atoms with E-state index >= 15 is 0 Å². The monoisotopic (exact) mass is 790 g/mol. The van der Waals surface area contributed by atoms with Crippen LogP contribution in [0.25, 0.3) is 83.1 Å². The molecule has 0 spiro atoms. The standard InChI is InChI=1S/C60H42N2/c1-5-21-43(22-6-1)49-29-13-14-31-51(49)46-37-40-59(56(41-46)53-33-16-15-30-50(53)44-23-7-2-8-24-44)61(47-27-11-4-12-28-47)48-38-39-55-54-34-18-20-36-58(54)62(60(55)42-48)57-35-19-17-32-52(57)45-25-9-3-10-26-45/h1-42H. The van der Waals surface area contributed by atoms with Gasteiger partial charge >= 0.3 is 0 Å². The van der Waals surface area contributed by atoms with Crippen LogP contribution in [0.3, 0.4) is 0 Å². The zero-order valence-corrected chi connectivity index (χ0v) is 34.1. The topological polar surface area (TPSA) is 8.17 Å². The Morgan fingerprint density at radius 2 is 0.726 bits per heavy atom. The summed E-state index contributed by atoms with van der Waals surface area (Å²) in [6.45, 7) is 0. The van der Waals surface area contributed by atoms with Gasteiger partial charge in [-0.05, 0) is 93.0 Å². The Kier molecular flexibility index (Phi) is 9.57. The SMILES string of the molecule is c1ccc(-c2ccccc2-c2ccc(N(c3ccccc3)c3ccc4c5ccccc5n(-c5ccccc5-c5ccccc5)c4c3)c(-c3ccccc3-c3ccccc3)c2)cc1. The molecule has 0 saturated heterocycles. The molecule has 2 nitrogen and oxygen atoms in total.